The highest BCUT2D eigenvalue weighted by Gasteiger charge is 2.40. The Morgan fingerprint density at radius 2 is 1.93 bits per heavy atom. The van der Waals surface area contributed by atoms with E-state index in [4.69, 9.17) is 0 Å². The van der Waals surface area contributed by atoms with E-state index in [2.05, 4.69) is 4.74 Å². The zero-order chi connectivity index (χ0) is 12.1. The first-order chi connectivity index (χ1) is 6.75. The maximum atomic E-state index is 12.3. The summed E-state index contributed by atoms with van der Waals surface area (Å²) in [4.78, 5) is 10.9. The van der Waals surface area contributed by atoms with Gasteiger partial charge in [0.05, 0.1) is 0 Å². The van der Waals surface area contributed by atoms with Crippen LogP contribution < -0.4 is 0 Å². The fourth-order valence-electron chi connectivity index (χ4n) is 0.714. The molecule has 0 aromatic carbocycles. The topological polar surface area (TPSA) is 26.3 Å². The first-order valence-electron chi connectivity index (χ1n) is 4.17. The summed E-state index contributed by atoms with van der Waals surface area (Å²) in [5.74, 6) is -4.73. The normalized spacial score (nSPS) is 11.7. The van der Waals surface area contributed by atoms with Crippen LogP contribution in [-0.2, 0) is 9.53 Å². The minimum atomic E-state index is -4.20. The van der Waals surface area contributed by atoms with Crippen molar-refractivity contribution in [2.75, 3.05) is 13.2 Å². The monoisotopic (exact) mass is 228 g/mol. The van der Waals surface area contributed by atoms with Gasteiger partial charge < -0.3 is 4.74 Å². The summed E-state index contributed by atoms with van der Waals surface area (Å²) >= 11 is 0. The molecule has 0 amide bonds. The van der Waals surface area contributed by atoms with Crippen LogP contribution in [0.25, 0.3) is 0 Å². The highest BCUT2D eigenvalue weighted by Crippen LogP contribution is 2.22. The molecule has 0 aliphatic carbocycles. The molecule has 0 atom stereocenters. The van der Waals surface area contributed by atoms with Crippen molar-refractivity contribution in [3.05, 3.63) is 11.6 Å². The number of ketones is 1. The van der Waals surface area contributed by atoms with Gasteiger partial charge in [0, 0.05) is 0 Å². The van der Waals surface area contributed by atoms with E-state index in [0.29, 0.717) is 5.57 Å². The first kappa shape index (κ1) is 14.1. The fourth-order valence-corrected chi connectivity index (χ4v) is 0.714. The number of rotatable bonds is 6. The molecule has 88 valence electrons. The van der Waals surface area contributed by atoms with E-state index in [9.17, 15) is 22.4 Å². The lowest BCUT2D eigenvalue weighted by atomic mass is 10.2. The van der Waals surface area contributed by atoms with Crippen molar-refractivity contribution >= 4 is 5.78 Å². The van der Waals surface area contributed by atoms with Crippen molar-refractivity contribution in [2.24, 2.45) is 0 Å². The van der Waals surface area contributed by atoms with Gasteiger partial charge in [0.25, 0.3) is 0 Å². The van der Waals surface area contributed by atoms with Gasteiger partial charge in [-0.25, -0.2) is 8.78 Å². The van der Waals surface area contributed by atoms with Crippen LogP contribution >= 0.6 is 0 Å². The van der Waals surface area contributed by atoms with Crippen molar-refractivity contribution in [3.63, 3.8) is 0 Å². The van der Waals surface area contributed by atoms with Crippen molar-refractivity contribution in [1.29, 1.82) is 0 Å². The molecule has 0 unspecified atom stereocenters. The molecule has 0 bridgehead atoms. The second-order valence-electron chi connectivity index (χ2n) is 3.24. The number of ether oxygens (including phenoxy) is 1. The third kappa shape index (κ3) is 6.22. The Hall–Kier alpha value is -0.910. The molecule has 0 aromatic heterocycles. The minimum absolute atomic E-state index is 0.528. The number of hydrogen-bond donors (Lipinski definition) is 0. The number of carbonyl (C=O) groups excluding carboxylic acids is 1. The molecule has 6 heteroatoms. The molecular weight excluding hydrogens is 216 g/mol. The van der Waals surface area contributed by atoms with E-state index < -0.39 is 31.3 Å². The van der Waals surface area contributed by atoms with Gasteiger partial charge in [-0.15, -0.1) is 0 Å². The van der Waals surface area contributed by atoms with Crippen molar-refractivity contribution < 1.29 is 27.1 Å². The average Bonchev–Trinajstić information content (AvgIpc) is 2.01. The maximum Gasteiger partial charge on any atom is 0.330 e. The molecule has 0 saturated heterocycles. The second kappa shape index (κ2) is 5.85. The van der Waals surface area contributed by atoms with Gasteiger partial charge in [-0.3, -0.25) is 4.79 Å². The number of hydrogen-bond acceptors (Lipinski definition) is 2. The standard InChI is InChI=1S/C9H12F4O2/c1-6(2)3-7(14)4-15-5-9(12,13)8(10)11/h3,8H,4-5H2,1-2H3. The first-order valence-corrected chi connectivity index (χ1v) is 4.17. The number of halogens is 4. The lowest BCUT2D eigenvalue weighted by molar-refractivity contribution is -0.167. The molecule has 0 saturated carbocycles. The number of allylic oxidation sites excluding steroid dienone is 1. The summed E-state index contributed by atoms with van der Waals surface area (Å²) in [6.45, 7) is 1.22. The predicted molar refractivity (Wildman–Crippen MR) is 46.2 cm³/mol. The average molecular weight is 228 g/mol. The quantitative estimate of drug-likeness (QED) is 0.515. The van der Waals surface area contributed by atoms with Crippen LogP contribution in [0.3, 0.4) is 0 Å². The summed E-state index contributed by atoms with van der Waals surface area (Å²) in [5.41, 5.74) is 0.684. The molecule has 0 aliphatic rings. The van der Waals surface area contributed by atoms with Crippen molar-refractivity contribution in [3.8, 4) is 0 Å². The molecule has 0 N–H and O–H groups in total. The van der Waals surface area contributed by atoms with Gasteiger partial charge in [-0.2, -0.15) is 8.78 Å². The summed E-state index contributed by atoms with van der Waals surface area (Å²) in [7, 11) is 0. The van der Waals surface area contributed by atoms with Gasteiger partial charge in [-0.1, -0.05) is 5.57 Å². The second-order valence-corrected chi connectivity index (χ2v) is 3.24. The molecule has 0 heterocycles. The van der Waals surface area contributed by atoms with E-state index in [1.165, 1.54) is 6.08 Å². The molecule has 0 aromatic rings. The van der Waals surface area contributed by atoms with Crippen LogP contribution in [0.2, 0.25) is 0 Å². The van der Waals surface area contributed by atoms with E-state index in [0.717, 1.165) is 0 Å². The van der Waals surface area contributed by atoms with Gasteiger partial charge in [0.1, 0.15) is 13.2 Å². The SMILES string of the molecule is CC(C)=CC(=O)COCC(F)(F)C(F)F. The predicted octanol–water partition coefficient (Wildman–Crippen LogP) is 2.44. The van der Waals surface area contributed by atoms with Crippen LogP contribution in [0, 0.1) is 0 Å². The Balaban J connectivity index is 3.90. The molecule has 0 radical (unpaired) electrons. The van der Waals surface area contributed by atoms with E-state index in [1.54, 1.807) is 13.8 Å². The van der Waals surface area contributed by atoms with Crippen LogP contribution in [-0.4, -0.2) is 31.3 Å². The van der Waals surface area contributed by atoms with Crippen LogP contribution in [0.4, 0.5) is 17.6 Å². The molecule has 0 spiro atoms. The van der Waals surface area contributed by atoms with Gasteiger partial charge >= 0.3 is 12.3 Å². The Morgan fingerprint density at radius 1 is 1.40 bits per heavy atom. The third-order valence-electron chi connectivity index (χ3n) is 1.31. The summed E-state index contributed by atoms with van der Waals surface area (Å²) < 4.78 is 52.0. The van der Waals surface area contributed by atoms with E-state index in [1.807, 2.05) is 0 Å². The van der Waals surface area contributed by atoms with Gasteiger partial charge in [0.2, 0.25) is 0 Å². The lowest BCUT2D eigenvalue weighted by Gasteiger charge is -2.14. The third-order valence-corrected chi connectivity index (χ3v) is 1.31. The van der Waals surface area contributed by atoms with E-state index >= 15 is 0 Å². The Morgan fingerprint density at radius 3 is 2.33 bits per heavy atom. The van der Waals surface area contributed by atoms with Crippen molar-refractivity contribution in [2.45, 2.75) is 26.2 Å². The molecule has 0 fully saturated rings. The summed E-state index contributed by atoms with van der Waals surface area (Å²) in [6.07, 6.45) is -2.59. The van der Waals surface area contributed by atoms with Crippen LogP contribution in [0.5, 0.6) is 0 Å². The molecular formula is C9H12F4O2. The minimum Gasteiger partial charge on any atom is -0.367 e. The molecule has 0 aliphatic heterocycles. The van der Waals surface area contributed by atoms with Gasteiger partial charge in [-0.05, 0) is 19.9 Å². The van der Waals surface area contributed by atoms with Crippen LogP contribution in [0.15, 0.2) is 11.6 Å². The summed E-state index contributed by atoms with van der Waals surface area (Å²) in [5, 5.41) is 0. The molecule has 15 heavy (non-hydrogen) atoms. The summed E-state index contributed by atoms with van der Waals surface area (Å²) in [6, 6.07) is 0. The number of alkyl halides is 4. The fraction of sp³-hybridized carbons (Fsp3) is 0.667. The molecule has 2 nitrogen and oxygen atoms in total. The van der Waals surface area contributed by atoms with Crippen LogP contribution in [0.1, 0.15) is 13.8 Å². The number of carbonyl (C=O) groups is 1. The zero-order valence-electron chi connectivity index (χ0n) is 8.40. The largest absolute Gasteiger partial charge is 0.367 e. The maximum absolute atomic E-state index is 12.3. The zero-order valence-corrected chi connectivity index (χ0v) is 8.40. The van der Waals surface area contributed by atoms with Gasteiger partial charge in [0.15, 0.2) is 5.78 Å². The Kier molecular flexibility index (Phi) is 5.49. The lowest BCUT2D eigenvalue weighted by Crippen LogP contribution is -2.33. The Bertz CT molecular complexity index is 244. The smallest absolute Gasteiger partial charge is 0.330 e. The molecule has 0 rings (SSSR count). The van der Waals surface area contributed by atoms with Crippen molar-refractivity contribution in [1.82, 2.24) is 0 Å². The van der Waals surface area contributed by atoms with E-state index in [-0.39, 0.29) is 0 Å². The highest BCUT2D eigenvalue weighted by molar-refractivity contribution is 5.91. The Labute approximate surface area is 84.9 Å². The highest BCUT2D eigenvalue weighted by atomic mass is 19.3.